The standard InChI is InChI=1S/C21H27ClN4O4/c1-28-17-10-15(11-18(29-2)21(17)30-3)12-24-20(27)14-25-6-8-26(9-7-25)19-5-4-16(22)13-23-19/h4-5,10-11,13H,6-9,12,14H2,1-3H3,(H,24,27). The molecule has 1 aliphatic rings. The number of benzene rings is 1. The minimum atomic E-state index is -0.0261. The van der Waals surface area contributed by atoms with E-state index in [2.05, 4.69) is 20.1 Å². The number of piperazine rings is 1. The maximum Gasteiger partial charge on any atom is 0.234 e. The number of halogens is 1. The van der Waals surface area contributed by atoms with E-state index in [4.69, 9.17) is 25.8 Å². The molecule has 30 heavy (non-hydrogen) atoms. The fourth-order valence-electron chi connectivity index (χ4n) is 3.39. The van der Waals surface area contributed by atoms with Gasteiger partial charge in [-0.3, -0.25) is 9.69 Å². The minimum absolute atomic E-state index is 0.0261. The van der Waals surface area contributed by atoms with Crippen molar-refractivity contribution in [2.45, 2.75) is 6.54 Å². The number of carbonyl (C=O) groups is 1. The Kier molecular flexibility index (Phi) is 7.59. The fourth-order valence-corrected chi connectivity index (χ4v) is 3.50. The van der Waals surface area contributed by atoms with Crippen LogP contribution < -0.4 is 24.4 Å². The summed E-state index contributed by atoms with van der Waals surface area (Å²) in [5, 5.41) is 3.59. The predicted molar refractivity (Wildman–Crippen MR) is 116 cm³/mol. The van der Waals surface area contributed by atoms with E-state index >= 15 is 0 Å². The molecule has 3 rings (SSSR count). The highest BCUT2D eigenvalue weighted by Gasteiger charge is 2.20. The topological polar surface area (TPSA) is 76.2 Å². The van der Waals surface area contributed by atoms with Gasteiger partial charge in [-0.2, -0.15) is 0 Å². The molecular weight excluding hydrogens is 408 g/mol. The Hall–Kier alpha value is -2.71. The van der Waals surface area contributed by atoms with Crippen molar-refractivity contribution in [1.82, 2.24) is 15.2 Å². The Morgan fingerprint density at radius 3 is 2.27 bits per heavy atom. The SMILES string of the molecule is COc1cc(CNC(=O)CN2CCN(c3ccc(Cl)cn3)CC2)cc(OC)c1OC. The van der Waals surface area contributed by atoms with Gasteiger partial charge < -0.3 is 24.4 Å². The second-order valence-corrected chi connectivity index (χ2v) is 7.34. The molecule has 1 aliphatic heterocycles. The number of hydrogen-bond acceptors (Lipinski definition) is 7. The lowest BCUT2D eigenvalue weighted by Gasteiger charge is -2.35. The summed E-state index contributed by atoms with van der Waals surface area (Å²) in [6.45, 7) is 3.95. The van der Waals surface area contributed by atoms with Gasteiger partial charge in [0.2, 0.25) is 11.7 Å². The molecule has 1 fully saturated rings. The number of anilines is 1. The largest absolute Gasteiger partial charge is 0.493 e. The van der Waals surface area contributed by atoms with Gasteiger partial charge in [0.05, 0.1) is 32.9 Å². The maximum absolute atomic E-state index is 12.4. The number of amides is 1. The molecule has 1 N–H and O–H groups in total. The van der Waals surface area contributed by atoms with Gasteiger partial charge in [0.15, 0.2) is 11.5 Å². The average molecular weight is 435 g/mol. The summed E-state index contributed by atoms with van der Waals surface area (Å²) in [5.41, 5.74) is 0.872. The maximum atomic E-state index is 12.4. The molecule has 2 aromatic rings. The Morgan fingerprint density at radius 2 is 1.73 bits per heavy atom. The van der Waals surface area contributed by atoms with Crippen molar-refractivity contribution >= 4 is 23.3 Å². The summed E-state index contributed by atoms with van der Waals surface area (Å²) in [4.78, 5) is 21.1. The van der Waals surface area contributed by atoms with Gasteiger partial charge in [-0.25, -0.2) is 4.98 Å². The van der Waals surface area contributed by atoms with E-state index < -0.39 is 0 Å². The number of hydrogen-bond donors (Lipinski definition) is 1. The fraction of sp³-hybridized carbons (Fsp3) is 0.429. The molecular formula is C21H27ClN4O4. The zero-order valence-electron chi connectivity index (χ0n) is 17.5. The first-order valence-electron chi connectivity index (χ1n) is 9.68. The number of ether oxygens (including phenoxy) is 3. The van der Waals surface area contributed by atoms with Crippen LogP contribution in [0, 0.1) is 0 Å². The lowest BCUT2D eigenvalue weighted by molar-refractivity contribution is -0.122. The van der Waals surface area contributed by atoms with Crippen LogP contribution in [-0.4, -0.2) is 69.8 Å². The van der Waals surface area contributed by atoms with E-state index in [-0.39, 0.29) is 5.91 Å². The number of methoxy groups -OCH3 is 3. The van der Waals surface area contributed by atoms with E-state index in [9.17, 15) is 4.79 Å². The van der Waals surface area contributed by atoms with Gasteiger partial charge in [-0.15, -0.1) is 0 Å². The number of pyridine rings is 1. The van der Waals surface area contributed by atoms with Crippen LogP contribution in [0.25, 0.3) is 0 Å². The highest BCUT2D eigenvalue weighted by Crippen LogP contribution is 2.38. The van der Waals surface area contributed by atoms with Gasteiger partial charge in [0, 0.05) is 38.9 Å². The second kappa shape index (κ2) is 10.4. The van der Waals surface area contributed by atoms with Crippen LogP contribution in [0.3, 0.4) is 0 Å². The molecule has 1 amide bonds. The molecule has 9 heteroatoms. The molecule has 0 radical (unpaired) electrons. The number of nitrogens with zero attached hydrogens (tertiary/aromatic N) is 3. The van der Waals surface area contributed by atoms with Crippen LogP contribution >= 0.6 is 11.6 Å². The molecule has 0 atom stereocenters. The number of aromatic nitrogens is 1. The van der Waals surface area contributed by atoms with E-state index in [1.807, 2.05) is 24.3 Å². The summed E-state index contributed by atoms with van der Waals surface area (Å²) in [6.07, 6.45) is 1.65. The van der Waals surface area contributed by atoms with Gasteiger partial charge in [0.25, 0.3) is 0 Å². The third-order valence-corrected chi connectivity index (χ3v) is 5.21. The Balaban J connectivity index is 1.49. The lowest BCUT2D eigenvalue weighted by Crippen LogP contribution is -2.49. The van der Waals surface area contributed by atoms with Crippen molar-refractivity contribution in [2.75, 3.05) is 59.0 Å². The molecule has 162 valence electrons. The van der Waals surface area contributed by atoms with Crippen LogP contribution in [0.1, 0.15) is 5.56 Å². The zero-order valence-corrected chi connectivity index (χ0v) is 18.2. The summed E-state index contributed by atoms with van der Waals surface area (Å²) in [5.74, 6) is 2.54. The van der Waals surface area contributed by atoms with Crippen LogP contribution in [0.4, 0.5) is 5.82 Å². The third-order valence-electron chi connectivity index (χ3n) is 4.99. The van der Waals surface area contributed by atoms with E-state index in [1.165, 1.54) is 0 Å². The molecule has 0 aliphatic carbocycles. The predicted octanol–water partition coefficient (Wildman–Crippen LogP) is 2.20. The highest BCUT2D eigenvalue weighted by atomic mass is 35.5. The number of nitrogens with one attached hydrogen (secondary N) is 1. The first-order chi connectivity index (χ1) is 14.5. The van der Waals surface area contributed by atoms with Crippen LogP contribution in [0.5, 0.6) is 17.2 Å². The Labute approximate surface area is 181 Å². The zero-order chi connectivity index (χ0) is 21.5. The number of rotatable bonds is 8. The van der Waals surface area contributed by atoms with Gasteiger partial charge in [-0.05, 0) is 29.8 Å². The molecule has 2 heterocycles. The van der Waals surface area contributed by atoms with Crippen LogP contribution in [0.2, 0.25) is 5.02 Å². The monoisotopic (exact) mass is 434 g/mol. The van der Waals surface area contributed by atoms with Crippen LogP contribution in [0.15, 0.2) is 30.5 Å². The molecule has 1 aromatic carbocycles. The highest BCUT2D eigenvalue weighted by molar-refractivity contribution is 6.30. The molecule has 1 saturated heterocycles. The lowest BCUT2D eigenvalue weighted by atomic mass is 10.1. The summed E-state index contributed by atoms with van der Waals surface area (Å²) in [6, 6.07) is 7.42. The summed E-state index contributed by atoms with van der Waals surface area (Å²) < 4.78 is 16.0. The van der Waals surface area contributed by atoms with Gasteiger partial charge in [-0.1, -0.05) is 11.6 Å². The third kappa shape index (κ3) is 5.46. The second-order valence-electron chi connectivity index (χ2n) is 6.91. The molecule has 0 spiro atoms. The Morgan fingerprint density at radius 1 is 1.07 bits per heavy atom. The van der Waals surface area contributed by atoms with Crippen molar-refractivity contribution in [3.05, 3.63) is 41.0 Å². The number of carbonyl (C=O) groups excluding carboxylic acids is 1. The van der Waals surface area contributed by atoms with Crippen molar-refractivity contribution in [3.63, 3.8) is 0 Å². The normalized spacial score (nSPS) is 14.3. The smallest absolute Gasteiger partial charge is 0.234 e. The van der Waals surface area contributed by atoms with E-state index in [0.29, 0.717) is 35.4 Å². The first kappa shape index (κ1) is 22.0. The first-order valence-corrected chi connectivity index (χ1v) is 10.1. The van der Waals surface area contributed by atoms with Gasteiger partial charge >= 0.3 is 0 Å². The molecule has 0 saturated carbocycles. The van der Waals surface area contributed by atoms with E-state index in [1.54, 1.807) is 27.5 Å². The van der Waals surface area contributed by atoms with Crippen LogP contribution in [-0.2, 0) is 11.3 Å². The molecule has 0 unspecified atom stereocenters. The molecule has 0 bridgehead atoms. The Bertz CT molecular complexity index is 830. The van der Waals surface area contributed by atoms with E-state index in [0.717, 1.165) is 37.6 Å². The average Bonchev–Trinajstić information content (AvgIpc) is 2.78. The summed E-state index contributed by atoms with van der Waals surface area (Å²) >= 11 is 5.90. The molecule has 8 nitrogen and oxygen atoms in total. The quantitative estimate of drug-likeness (QED) is 0.682. The van der Waals surface area contributed by atoms with Crippen molar-refractivity contribution in [2.24, 2.45) is 0 Å². The molecule has 1 aromatic heterocycles. The van der Waals surface area contributed by atoms with Crippen molar-refractivity contribution in [1.29, 1.82) is 0 Å². The van der Waals surface area contributed by atoms with Gasteiger partial charge in [0.1, 0.15) is 5.82 Å². The summed E-state index contributed by atoms with van der Waals surface area (Å²) in [7, 11) is 4.70. The van der Waals surface area contributed by atoms with Crippen molar-refractivity contribution < 1.29 is 19.0 Å². The van der Waals surface area contributed by atoms with Crippen molar-refractivity contribution in [3.8, 4) is 17.2 Å². The minimum Gasteiger partial charge on any atom is -0.493 e.